The molecule has 0 unspecified atom stereocenters. The quantitative estimate of drug-likeness (QED) is 0.357. The standard InChI is InChI=1S/C24H21ClN2O2S/c1-15(2)14-29-18-7-5-6-16(12-18)23(28)26-17-10-11-20(25)19(13-17)24-27-21-8-3-4-9-22(21)30-24/h3-13,15H,14H2,1-2H3,(H,26,28). The zero-order valence-corrected chi connectivity index (χ0v) is 18.3. The molecule has 1 amide bonds. The number of anilines is 1. The topological polar surface area (TPSA) is 51.2 Å². The number of benzene rings is 3. The molecule has 152 valence electrons. The minimum atomic E-state index is -0.206. The van der Waals surface area contributed by atoms with Crippen LogP contribution in [0.5, 0.6) is 5.75 Å². The molecule has 0 radical (unpaired) electrons. The lowest BCUT2D eigenvalue weighted by Crippen LogP contribution is -2.12. The first kappa shape index (κ1) is 20.4. The molecule has 1 N–H and O–H groups in total. The lowest BCUT2D eigenvalue weighted by molar-refractivity contribution is 0.102. The average molecular weight is 437 g/mol. The van der Waals surface area contributed by atoms with Crippen LogP contribution in [-0.2, 0) is 0 Å². The van der Waals surface area contributed by atoms with E-state index in [0.29, 0.717) is 34.5 Å². The van der Waals surface area contributed by atoms with E-state index in [0.717, 1.165) is 20.8 Å². The van der Waals surface area contributed by atoms with Crippen molar-refractivity contribution in [2.24, 2.45) is 5.92 Å². The molecule has 3 aromatic carbocycles. The lowest BCUT2D eigenvalue weighted by Gasteiger charge is -2.11. The second kappa shape index (κ2) is 8.86. The number of amides is 1. The smallest absolute Gasteiger partial charge is 0.255 e. The third-order valence-corrected chi connectivity index (χ3v) is 5.83. The fourth-order valence-electron chi connectivity index (χ4n) is 2.95. The highest BCUT2D eigenvalue weighted by molar-refractivity contribution is 7.21. The molecular formula is C24H21ClN2O2S. The molecule has 0 spiro atoms. The summed E-state index contributed by atoms with van der Waals surface area (Å²) < 4.78 is 6.82. The minimum absolute atomic E-state index is 0.206. The highest BCUT2D eigenvalue weighted by Gasteiger charge is 2.13. The largest absolute Gasteiger partial charge is 0.493 e. The molecule has 6 heteroatoms. The summed E-state index contributed by atoms with van der Waals surface area (Å²) in [4.78, 5) is 17.4. The van der Waals surface area contributed by atoms with Gasteiger partial charge in [-0.25, -0.2) is 4.98 Å². The number of para-hydroxylation sites is 1. The molecule has 30 heavy (non-hydrogen) atoms. The third-order valence-electron chi connectivity index (χ3n) is 4.43. The molecule has 0 bridgehead atoms. The van der Waals surface area contributed by atoms with Crippen molar-refractivity contribution in [1.82, 2.24) is 4.98 Å². The van der Waals surface area contributed by atoms with Crippen LogP contribution in [0.3, 0.4) is 0 Å². The second-order valence-electron chi connectivity index (χ2n) is 7.37. The first-order valence-corrected chi connectivity index (χ1v) is 10.9. The molecule has 0 aliphatic heterocycles. The summed E-state index contributed by atoms with van der Waals surface area (Å²) in [5.74, 6) is 0.891. The summed E-state index contributed by atoms with van der Waals surface area (Å²) >= 11 is 8.00. The van der Waals surface area contributed by atoms with Gasteiger partial charge in [0.15, 0.2) is 0 Å². The van der Waals surface area contributed by atoms with Crippen LogP contribution in [0.25, 0.3) is 20.8 Å². The number of rotatable bonds is 6. The fourth-order valence-corrected chi connectivity index (χ4v) is 4.21. The van der Waals surface area contributed by atoms with Gasteiger partial charge in [0.1, 0.15) is 10.8 Å². The molecule has 0 fully saturated rings. The zero-order valence-electron chi connectivity index (χ0n) is 16.7. The first-order valence-electron chi connectivity index (χ1n) is 9.69. The molecule has 4 nitrogen and oxygen atoms in total. The molecule has 0 aliphatic rings. The normalized spacial score (nSPS) is 11.1. The number of fused-ring (bicyclic) bond motifs is 1. The average Bonchev–Trinajstić information content (AvgIpc) is 3.18. The van der Waals surface area contributed by atoms with E-state index in [2.05, 4.69) is 24.1 Å². The molecule has 4 rings (SSSR count). The molecule has 0 atom stereocenters. The Morgan fingerprint density at radius 3 is 2.73 bits per heavy atom. The summed E-state index contributed by atoms with van der Waals surface area (Å²) in [6.07, 6.45) is 0. The second-order valence-corrected chi connectivity index (χ2v) is 8.81. The monoisotopic (exact) mass is 436 g/mol. The summed E-state index contributed by atoms with van der Waals surface area (Å²) in [6.45, 7) is 4.77. The number of nitrogens with zero attached hydrogens (tertiary/aromatic N) is 1. The Morgan fingerprint density at radius 1 is 1.10 bits per heavy atom. The third kappa shape index (κ3) is 4.64. The van der Waals surface area contributed by atoms with Crippen LogP contribution in [0.2, 0.25) is 5.02 Å². The zero-order chi connectivity index (χ0) is 21.1. The number of nitrogens with one attached hydrogen (secondary N) is 1. The van der Waals surface area contributed by atoms with Gasteiger partial charge >= 0.3 is 0 Å². The number of hydrogen-bond donors (Lipinski definition) is 1. The number of halogens is 1. The highest BCUT2D eigenvalue weighted by atomic mass is 35.5. The van der Waals surface area contributed by atoms with Crippen LogP contribution in [0.1, 0.15) is 24.2 Å². The Morgan fingerprint density at radius 2 is 1.93 bits per heavy atom. The van der Waals surface area contributed by atoms with Gasteiger partial charge in [0.05, 0.1) is 21.8 Å². The van der Waals surface area contributed by atoms with E-state index < -0.39 is 0 Å². The van der Waals surface area contributed by atoms with Crippen LogP contribution in [0, 0.1) is 5.92 Å². The molecule has 0 saturated heterocycles. The molecule has 0 aliphatic carbocycles. The summed E-state index contributed by atoms with van der Waals surface area (Å²) in [5.41, 5.74) is 2.92. The van der Waals surface area contributed by atoms with Crippen molar-refractivity contribution in [1.29, 1.82) is 0 Å². The minimum Gasteiger partial charge on any atom is -0.493 e. The van der Waals surface area contributed by atoms with Gasteiger partial charge in [-0.05, 0) is 54.4 Å². The van der Waals surface area contributed by atoms with Gasteiger partial charge in [-0.2, -0.15) is 0 Å². The lowest BCUT2D eigenvalue weighted by atomic mass is 10.1. The van der Waals surface area contributed by atoms with E-state index in [1.807, 2.05) is 42.5 Å². The fraction of sp³-hybridized carbons (Fsp3) is 0.167. The van der Waals surface area contributed by atoms with Crippen molar-refractivity contribution in [3.63, 3.8) is 0 Å². The predicted octanol–water partition coefficient (Wildman–Crippen LogP) is 6.90. The number of carbonyl (C=O) groups excluding carboxylic acids is 1. The Bertz CT molecular complexity index is 1170. The van der Waals surface area contributed by atoms with Crippen molar-refractivity contribution >= 4 is 44.7 Å². The Balaban J connectivity index is 1.56. The first-order chi connectivity index (χ1) is 14.5. The maximum absolute atomic E-state index is 12.8. The van der Waals surface area contributed by atoms with Gasteiger partial charge < -0.3 is 10.1 Å². The maximum atomic E-state index is 12.8. The van der Waals surface area contributed by atoms with Crippen molar-refractivity contribution < 1.29 is 9.53 Å². The summed E-state index contributed by atoms with van der Waals surface area (Å²) in [5, 5.41) is 4.36. The summed E-state index contributed by atoms with van der Waals surface area (Å²) in [6, 6.07) is 20.6. The van der Waals surface area contributed by atoms with E-state index in [1.54, 1.807) is 35.6 Å². The van der Waals surface area contributed by atoms with Gasteiger partial charge in [0, 0.05) is 16.8 Å². The Hall–Kier alpha value is -2.89. The van der Waals surface area contributed by atoms with E-state index in [4.69, 9.17) is 16.3 Å². The van der Waals surface area contributed by atoms with Gasteiger partial charge in [-0.3, -0.25) is 4.79 Å². The molecular weight excluding hydrogens is 416 g/mol. The highest BCUT2D eigenvalue weighted by Crippen LogP contribution is 2.36. The molecule has 0 saturated carbocycles. The van der Waals surface area contributed by atoms with Crippen molar-refractivity contribution in [3.8, 4) is 16.3 Å². The van der Waals surface area contributed by atoms with E-state index in [1.165, 1.54) is 0 Å². The number of aromatic nitrogens is 1. The van der Waals surface area contributed by atoms with E-state index >= 15 is 0 Å². The van der Waals surface area contributed by atoms with Crippen LogP contribution in [-0.4, -0.2) is 17.5 Å². The molecule has 1 aromatic heterocycles. The van der Waals surface area contributed by atoms with Crippen LogP contribution in [0.15, 0.2) is 66.7 Å². The van der Waals surface area contributed by atoms with Crippen LogP contribution >= 0.6 is 22.9 Å². The number of thiazole rings is 1. The number of hydrogen-bond acceptors (Lipinski definition) is 4. The summed E-state index contributed by atoms with van der Waals surface area (Å²) in [7, 11) is 0. The van der Waals surface area contributed by atoms with E-state index in [-0.39, 0.29) is 5.91 Å². The van der Waals surface area contributed by atoms with Gasteiger partial charge in [0.25, 0.3) is 5.91 Å². The maximum Gasteiger partial charge on any atom is 0.255 e. The van der Waals surface area contributed by atoms with Crippen LogP contribution in [0.4, 0.5) is 5.69 Å². The SMILES string of the molecule is CC(C)COc1cccc(C(=O)Nc2ccc(Cl)c(-c3nc4ccccc4s3)c2)c1. The van der Waals surface area contributed by atoms with Crippen molar-refractivity contribution in [2.45, 2.75) is 13.8 Å². The Kier molecular flexibility index (Phi) is 6.02. The van der Waals surface area contributed by atoms with Crippen molar-refractivity contribution in [2.75, 3.05) is 11.9 Å². The van der Waals surface area contributed by atoms with E-state index in [9.17, 15) is 4.79 Å². The number of ether oxygens (including phenoxy) is 1. The molecule has 4 aromatic rings. The van der Waals surface area contributed by atoms with Crippen LogP contribution < -0.4 is 10.1 Å². The molecule has 1 heterocycles. The van der Waals surface area contributed by atoms with Gasteiger partial charge in [0.2, 0.25) is 0 Å². The Labute approximate surface area is 184 Å². The number of carbonyl (C=O) groups is 1. The van der Waals surface area contributed by atoms with Gasteiger partial charge in [-0.1, -0.05) is 43.6 Å². The van der Waals surface area contributed by atoms with Crippen molar-refractivity contribution in [3.05, 3.63) is 77.3 Å². The van der Waals surface area contributed by atoms with Gasteiger partial charge in [-0.15, -0.1) is 11.3 Å². The predicted molar refractivity (Wildman–Crippen MR) is 125 cm³/mol.